The van der Waals surface area contributed by atoms with Gasteiger partial charge in [0, 0.05) is 10.6 Å². The molecule has 0 aliphatic heterocycles. The molecule has 5 heteroatoms. The first-order valence-corrected chi connectivity index (χ1v) is 6.93. The highest BCUT2D eigenvalue weighted by Gasteiger charge is 2.25. The third-order valence-corrected chi connectivity index (χ3v) is 3.02. The Balaban J connectivity index is 3.05. The number of carbonyl (C=O) groups is 2. The molecule has 114 valence electrons. The number of ether oxygens (including phenoxy) is 1. The minimum Gasteiger partial charge on any atom is -0.444 e. The van der Waals surface area contributed by atoms with Crippen molar-refractivity contribution in [3.63, 3.8) is 0 Å². The highest BCUT2D eigenvalue weighted by molar-refractivity contribution is 6.31. The number of amides is 1. The van der Waals surface area contributed by atoms with Crippen LogP contribution in [0.3, 0.4) is 0 Å². The van der Waals surface area contributed by atoms with Crippen LogP contribution >= 0.6 is 11.6 Å². The quantitative estimate of drug-likeness (QED) is 0.854. The predicted octanol–water partition coefficient (Wildman–Crippen LogP) is 4.05. The van der Waals surface area contributed by atoms with Crippen molar-refractivity contribution < 1.29 is 14.3 Å². The summed E-state index contributed by atoms with van der Waals surface area (Å²) in [7, 11) is 0. The van der Waals surface area contributed by atoms with E-state index >= 15 is 0 Å². The Morgan fingerprint density at radius 1 is 1.29 bits per heavy atom. The summed E-state index contributed by atoms with van der Waals surface area (Å²) in [6.45, 7) is 10.4. The van der Waals surface area contributed by atoms with Gasteiger partial charge in [-0.25, -0.2) is 4.79 Å². The average molecular weight is 310 g/mol. The predicted molar refractivity (Wildman–Crippen MR) is 83.4 cm³/mol. The van der Waals surface area contributed by atoms with E-state index in [-0.39, 0.29) is 11.4 Å². The maximum absolute atomic E-state index is 12.0. The highest BCUT2D eigenvalue weighted by Crippen LogP contribution is 2.28. The molecule has 0 spiro atoms. The fraction of sp³-hybridized carbons (Fsp3) is 0.375. The van der Waals surface area contributed by atoms with Crippen LogP contribution in [-0.4, -0.2) is 17.5 Å². The van der Waals surface area contributed by atoms with Crippen LogP contribution in [0.4, 0.5) is 4.79 Å². The van der Waals surface area contributed by atoms with E-state index in [1.54, 1.807) is 45.0 Å². The lowest BCUT2D eigenvalue weighted by molar-refractivity contribution is -0.113. The van der Waals surface area contributed by atoms with Gasteiger partial charge in [-0.15, -0.1) is 0 Å². The third kappa shape index (κ3) is 5.23. The topological polar surface area (TPSA) is 55.4 Å². The van der Waals surface area contributed by atoms with E-state index in [1.807, 2.05) is 0 Å². The zero-order chi connectivity index (χ0) is 16.2. The Bertz CT molecular complexity index is 561. The third-order valence-electron chi connectivity index (χ3n) is 2.68. The van der Waals surface area contributed by atoms with Crippen molar-refractivity contribution in [2.45, 2.75) is 39.3 Å². The van der Waals surface area contributed by atoms with Crippen LogP contribution in [0.5, 0.6) is 0 Å². The summed E-state index contributed by atoms with van der Waals surface area (Å²) in [6, 6.07) is 6.25. The van der Waals surface area contributed by atoms with E-state index in [2.05, 4.69) is 11.9 Å². The summed E-state index contributed by atoms with van der Waals surface area (Å²) in [5, 5.41) is 3.09. The summed E-state index contributed by atoms with van der Waals surface area (Å²) in [4.78, 5) is 23.6. The summed E-state index contributed by atoms with van der Waals surface area (Å²) in [6.07, 6.45) is -0.630. The SMILES string of the molecule is C=C(C(C)=O)C(NC(=O)OC(C)(C)C)c1ccccc1Cl. The van der Waals surface area contributed by atoms with Crippen molar-refractivity contribution >= 4 is 23.5 Å². The molecule has 1 aromatic rings. The van der Waals surface area contributed by atoms with E-state index in [0.717, 1.165) is 0 Å². The number of hydrogen-bond acceptors (Lipinski definition) is 3. The molecule has 4 nitrogen and oxygen atoms in total. The van der Waals surface area contributed by atoms with Gasteiger partial charge in [0.15, 0.2) is 5.78 Å². The van der Waals surface area contributed by atoms with Crippen molar-refractivity contribution in [2.75, 3.05) is 0 Å². The van der Waals surface area contributed by atoms with Gasteiger partial charge in [0.25, 0.3) is 0 Å². The molecule has 0 aromatic heterocycles. The van der Waals surface area contributed by atoms with Crippen molar-refractivity contribution in [3.05, 3.63) is 47.0 Å². The van der Waals surface area contributed by atoms with Crippen molar-refractivity contribution in [2.24, 2.45) is 0 Å². The van der Waals surface area contributed by atoms with Gasteiger partial charge >= 0.3 is 6.09 Å². The van der Waals surface area contributed by atoms with Gasteiger partial charge in [-0.3, -0.25) is 4.79 Å². The number of benzene rings is 1. The minimum absolute atomic E-state index is 0.226. The zero-order valence-corrected chi connectivity index (χ0v) is 13.5. The van der Waals surface area contributed by atoms with Crippen LogP contribution in [0, 0.1) is 0 Å². The number of Topliss-reactive ketones (excluding diaryl/α,β-unsaturated/α-hetero) is 1. The lowest BCUT2D eigenvalue weighted by Crippen LogP contribution is -2.36. The molecule has 21 heavy (non-hydrogen) atoms. The van der Waals surface area contributed by atoms with E-state index in [4.69, 9.17) is 16.3 Å². The van der Waals surface area contributed by atoms with Crippen molar-refractivity contribution in [1.29, 1.82) is 0 Å². The molecular formula is C16H20ClNO3. The summed E-state index contributed by atoms with van der Waals surface area (Å²) in [5.41, 5.74) is 0.214. The minimum atomic E-state index is -0.717. The molecule has 0 aliphatic carbocycles. The normalized spacial score (nSPS) is 12.4. The summed E-state index contributed by atoms with van der Waals surface area (Å²) in [5.74, 6) is -0.226. The Morgan fingerprint density at radius 3 is 2.33 bits per heavy atom. The molecule has 0 radical (unpaired) electrons. The second kappa shape index (κ2) is 6.76. The molecule has 0 saturated heterocycles. The van der Waals surface area contributed by atoms with Crippen LogP contribution in [0.1, 0.15) is 39.3 Å². The molecule has 0 saturated carbocycles. The molecule has 0 bridgehead atoms. The van der Waals surface area contributed by atoms with E-state index < -0.39 is 17.7 Å². The second-order valence-electron chi connectivity index (χ2n) is 5.68. The smallest absolute Gasteiger partial charge is 0.408 e. The molecule has 1 unspecified atom stereocenters. The number of rotatable bonds is 4. The van der Waals surface area contributed by atoms with Crippen LogP contribution in [0.25, 0.3) is 0 Å². The maximum atomic E-state index is 12.0. The van der Waals surface area contributed by atoms with Crippen molar-refractivity contribution in [1.82, 2.24) is 5.32 Å². The molecule has 0 aliphatic rings. The van der Waals surface area contributed by atoms with Gasteiger partial charge in [0.2, 0.25) is 0 Å². The van der Waals surface area contributed by atoms with E-state index in [9.17, 15) is 9.59 Å². The average Bonchev–Trinajstić information content (AvgIpc) is 2.34. The number of nitrogens with one attached hydrogen (secondary N) is 1. The number of alkyl carbamates (subject to hydrolysis) is 1. The molecule has 1 aromatic carbocycles. The van der Waals surface area contributed by atoms with Gasteiger partial charge in [-0.1, -0.05) is 36.4 Å². The number of carbonyl (C=O) groups excluding carboxylic acids is 2. The maximum Gasteiger partial charge on any atom is 0.408 e. The lowest BCUT2D eigenvalue weighted by atomic mass is 9.97. The Hall–Kier alpha value is -1.81. The largest absolute Gasteiger partial charge is 0.444 e. The lowest BCUT2D eigenvalue weighted by Gasteiger charge is -2.25. The van der Waals surface area contributed by atoms with Gasteiger partial charge in [-0.05, 0) is 39.3 Å². The molecule has 1 amide bonds. The van der Waals surface area contributed by atoms with Gasteiger partial charge < -0.3 is 10.1 Å². The van der Waals surface area contributed by atoms with Crippen molar-refractivity contribution in [3.8, 4) is 0 Å². The molecule has 1 N–H and O–H groups in total. The van der Waals surface area contributed by atoms with E-state index in [0.29, 0.717) is 10.6 Å². The fourth-order valence-corrected chi connectivity index (χ4v) is 1.94. The Morgan fingerprint density at radius 2 is 1.86 bits per heavy atom. The fourth-order valence-electron chi connectivity index (χ4n) is 1.69. The molecule has 0 fully saturated rings. The highest BCUT2D eigenvalue weighted by atomic mass is 35.5. The Labute approximate surface area is 130 Å². The number of hydrogen-bond donors (Lipinski definition) is 1. The second-order valence-corrected chi connectivity index (χ2v) is 6.09. The summed E-state index contributed by atoms with van der Waals surface area (Å²) < 4.78 is 5.21. The first-order chi connectivity index (χ1) is 9.61. The first kappa shape index (κ1) is 17.2. The monoisotopic (exact) mass is 309 g/mol. The Kier molecular flexibility index (Phi) is 5.55. The van der Waals surface area contributed by atoms with Crippen LogP contribution < -0.4 is 5.32 Å². The van der Waals surface area contributed by atoms with Gasteiger partial charge in [-0.2, -0.15) is 0 Å². The van der Waals surface area contributed by atoms with Crippen LogP contribution in [0.2, 0.25) is 5.02 Å². The molecule has 0 heterocycles. The standard InChI is InChI=1S/C16H20ClNO3/c1-10(11(2)19)14(12-8-6-7-9-13(12)17)18-15(20)21-16(3,4)5/h6-9,14H,1H2,2-5H3,(H,18,20). The summed E-state index contributed by atoms with van der Waals surface area (Å²) >= 11 is 6.14. The number of halogens is 1. The van der Waals surface area contributed by atoms with Crippen LogP contribution in [0.15, 0.2) is 36.4 Å². The van der Waals surface area contributed by atoms with Gasteiger partial charge in [0.1, 0.15) is 5.60 Å². The van der Waals surface area contributed by atoms with Gasteiger partial charge in [0.05, 0.1) is 6.04 Å². The van der Waals surface area contributed by atoms with E-state index in [1.165, 1.54) is 6.92 Å². The first-order valence-electron chi connectivity index (χ1n) is 6.55. The molecule has 1 atom stereocenters. The molecular weight excluding hydrogens is 290 g/mol. The number of ketones is 1. The van der Waals surface area contributed by atoms with Crippen LogP contribution in [-0.2, 0) is 9.53 Å². The molecule has 1 rings (SSSR count). The zero-order valence-electron chi connectivity index (χ0n) is 12.7.